The van der Waals surface area contributed by atoms with Crippen molar-refractivity contribution in [2.75, 3.05) is 5.32 Å². The zero-order valence-corrected chi connectivity index (χ0v) is 149. The molecule has 1 aliphatic carbocycles. The van der Waals surface area contributed by atoms with Crippen molar-refractivity contribution in [2.24, 2.45) is 0 Å². The van der Waals surface area contributed by atoms with E-state index in [1.807, 2.05) is 802 Å². The van der Waals surface area contributed by atoms with Crippen molar-refractivity contribution in [1.29, 1.82) is 0 Å². The molecule has 0 fully saturated rings. The highest BCUT2D eigenvalue weighted by atomic mass is 33.6. The number of benzene rings is 5. The van der Waals surface area contributed by atoms with E-state index in [1.54, 1.807) is 107 Å². The summed E-state index contributed by atoms with van der Waals surface area (Å²) in [5.41, 5.74) is 10.3. The van der Waals surface area contributed by atoms with Crippen LogP contribution in [0, 0.1) is 0 Å². The molecule has 107 heteroatoms. The Labute approximate surface area is 1110 Å². The Balaban J connectivity index is 0.000000696. The molecule has 0 spiro atoms. The van der Waals surface area contributed by atoms with E-state index in [1.165, 1.54) is 77.0 Å². The highest BCUT2D eigenvalue weighted by Crippen LogP contribution is 2.52. The second-order valence-corrected chi connectivity index (χ2v) is 200. The summed E-state index contributed by atoms with van der Waals surface area (Å²) < 4.78 is 2.70. The molecule has 0 radical (unpaired) electrons. The van der Waals surface area contributed by atoms with E-state index in [4.69, 9.17) is 22.4 Å². The molecule has 5 aromatic carbocycles. The average Bonchev–Trinajstić information content (AvgIpc) is 1.57. The minimum Gasteiger partial charge on any atom is -0.355 e. The van der Waals surface area contributed by atoms with Crippen LogP contribution in [0.15, 0.2) is 109 Å². The van der Waals surface area contributed by atoms with Gasteiger partial charge in [0.05, 0.1) is 0 Å². The van der Waals surface area contributed by atoms with Gasteiger partial charge in [-0.3, -0.25) is 0 Å². The summed E-state index contributed by atoms with van der Waals surface area (Å²) in [6.07, 6.45) is 0. The molecule has 0 atom stereocenters. The summed E-state index contributed by atoms with van der Waals surface area (Å²) >= 11 is 11.5. The molecule has 0 amide bonds. The summed E-state index contributed by atoms with van der Waals surface area (Å²) in [6, 6.07) is 39.7. The van der Waals surface area contributed by atoms with Crippen LogP contribution in [-0.2, 0) is 942 Å². The van der Waals surface area contributed by atoms with Gasteiger partial charge in [-0.2, -0.15) is 0 Å². The predicted octanol–water partition coefficient (Wildman–Crippen LogP) is 9.52. The Hall–Kier alpha value is 19.2. The summed E-state index contributed by atoms with van der Waals surface area (Å²) in [5.74, 6) is 0. The van der Waals surface area contributed by atoms with E-state index < -0.39 is 0 Å². The minimum absolute atomic E-state index is 0.0354. The van der Waals surface area contributed by atoms with Crippen molar-refractivity contribution in [3.8, 4) is 22.3 Å². The number of fused-ring (bicyclic) bond motifs is 6. The number of hydrogen-bond acceptors (Lipinski definition) is 4. The monoisotopic (exact) mass is 3820 g/mol. The first-order valence-corrected chi connectivity index (χ1v) is 169. The molecular weight excluding hydrogens is 3810 g/mol. The highest BCUT2D eigenvalue weighted by molar-refractivity contribution is 8.88. The SMILES string of the molecule is CC1(C)c2ccccc2-c2cccc(Nc3ccc(-c4cccc5c4sc4ccccc45)cc3)c21.S=S=S=S=S=S=S=S=S=S=S=S=S=S=S=S=S=S=S=S=S=S=S=S=S=S=S=S=S=S=S=S=S=S=S=S=S=S=S=S=S=S=S=S=S=S=S=S=S=S=S=S=S=S=S=S=S=S=S=S=S=S=S=S=S=S=S=S=S=S=S=S=S=S=S=S=S=S=S=S=S=S=S=S=S=S=S=S=S=S=S=S=S=S=S=S=S=S=S=S=S=S=S=S=S. The normalized spacial score (nSPS) is 9.33. The summed E-state index contributed by atoms with van der Waals surface area (Å²) in [4.78, 5) is 0. The van der Waals surface area contributed by atoms with Gasteiger partial charge in [-0.25, -0.2) is 0 Å². The van der Waals surface area contributed by atoms with E-state index in [2.05, 4.69) is 128 Å². The number of hydrogen-bond donors (Lipinski definition) is 1. The van der Waals surface area contributed by atoms with Gasteiger partial charge in [-0.15, -0.1) is 11.3 Å². The molecule has 1 heterocycles. The number of rotatable bonds is 3. The Kier molecular flexibility index (Phi) is 122. The van der Waals surface area contributed by atoms with E-state index in [0.717, 1.165) is 5.69 Å². The molecule has 1 aromatic heterocycles. The molecule has 0 saturated heterocycles. The zero-order valence-electron chi connectivity index (χ0n) is 62.7. The topological polar surface area (TPSA) is 12.0 Å². The molecule has 798 valence electrons. The van der Waals surface area contributed by atoms with Gasteiger partial charge in [0.15, 0.2) is 0 Å². The molecule has 1 nitrogen and oxygen atoms in total. The van der Waals surface area contributed by atoms with Crippen molar-refractivity contribution < 1.29 is 0 Å². The van der Waals surface area contributed by atoms with Crippen molar-refractivity contribution in [3.05, 3.63) is 120 Å². The van der Waals surface area contributed by atoms with Crippen molar-refractivity contribution >= 4 is 980 Å². The Morgan fingerprint density at radius 3 is 0.621 bits per heavy atom. The van der Waals surface area contributed by atoms with Gasteiger partial charge >= 0.3 is 0 Å². The highest BCUT2D eigenvalue weighted by Gasteiger charge is 2.37. The maximum absolute atomic E-state index is 4.83. The van der Waals surface area contributed by atoms with Gasteiger partial charge in [-0.1, -0.05) is 98.8 Å². The van der Waals surface area contributed by atoms with Gasteiger partial charge in [-0.05, 0) is 57.6 Å². The average molecular weight is 3830 g/mol. The first-order valence-electron chi connectivity index (χ1n) is 29.5. The Morgan fingerprint density at radius 1 is 0.186 bits per heavy atom. The second-order valence-electron chi connectivity index (χ2n) is 16.9. The zero-order chi connectivity index (χ0) is 98.4. The van der Waals surface area contributed by atoms with Gasteiger partial charge in [0, 0.05) is 974 Å². The van der Waals surface area contributed by atoms with Crippen LogP contribution in [0.2, 0.25) is 0 Å². The maximum atomic E-state index is 4.83. The van der Waals surface area contributed by atoms with Gasteiger partial charge in [0.25, 0.3) is 0 Å². The molecule has 140 heavy (non-hydrogen) atoms. The lowest BCUT2D eigenvalue weighted by Gasteiger charge is -2.24. The molecule has 1 aliphatic rings. The molecule has 0 saturated carbocycles. The fourth-order valence-electron chi connectivity index (χ4n) is 6.96. The largest absolute Gasteiger partial charge is 0.355 e. The first-order chi connectivity index (χ1) is 69.5. The van der Waals surface area contributed by atoms with Crippen LogP contribution >= 0.6 is 11.3 Å². The van der Waals surface area contributed by atoms with Crippen LogP contribution in [0.3, 0.4) is 0 Å². The third-order valence-electron chi connectivity index (χ3n) is 10.3. The van der Waals surface area contributed by atoms with E-state index in [0.29, 0.717) is 0 Å². The number of anilines is 2. The van der Waals surface area contributed by atoms with Crippen molar-refractivity contribution in [1.82, 2.24) is 0 Å². The number of thiophene rings is 1. The lowest BCUT2D eigenvalue weighted by Crippen LogP contribution is -2.16. The van der Waals surface area contributed by atoms with Crippen LogP contribution in [0.5, 0.6) is 0 Å². The van der Waals surface area contributed by atoms with Gasteiger partial charge in [0.1, 0.15) is 0 Å². The summed E-state index contributed by atoms with van der Waals surface area (Å²) in [5, 5.41) is 6.42. The van der Waals surface area contributed by atoms with E-state index in [9.17, 15) is 0 Å². The number of nitrogens with one attached hydrogen (secondary N) is 1. The van der Waals surface area contributed by atoms with Crippen LogP contribution < -0.4 is 5.32 Å². The van der Waals surface area contributed by atoms with Crippen LogP contribution in [-0.4, -0.2) is 0 Å². The van der Waals surface area contributed by atoms with Crippen LogP contribution in [0.1, 0.15) is 25.0 Å². The minimum atomic E-state index is -0.0354. The van der Waals surface area contributed by atoms with E-state index >= 15 is 0 Å². The van der Waals surface area contributed by atoms with E-state index in [-0.39, 0.29) is 5.41 Å². The molecular formula is C33H25NS106. The van der Waals surface area contributed by atoms with Crippen molar-refractivity contribution in [3.63, 3.8) is 0 Å². The summed E-state index contributed by atoms with van der Waals surface area (Å²) in [6.45, 7) is 4.66. The third kappa shape index (κ3) is 84.4. The predicted molar refractivity (Wildman–Crippen MR) is 925 cm³/mol. The molecule has 0 unspecified atom stereocenters. The second kappa shape index (κ2) is 115. The lowest BCUT2D eigenvalue weighted by atomic mass is 9.81. The smallest absolute Gasteiger partial charge is 0.0433 e. The first kappa shape index (κ1) is 148. The standard InChI is InChI=1S/C33H25NS.S105/c1-33(2)28-14-5-3-9-24(28)26-12-8-15-29(31(26)33)34-22-19-17-21(18-20-22)23-11-7-13-27-25-10-4-6-16-30(25)35-32(23)27;1-3-5-7-9-11-13-15-17-19-21-23-25-27-29-31-33-35-37-39-41-43-45-47-49-51-53-55-57-59-61-63-65-67-69-71-73-75-77-79-81-83-85-87-89-91-93-95-97-99-101-103-105-104-102-100-98-96-94-92-90-88-86-84-82-80-78-76-74-72-70-68-66-64-62-60-58-56-54-52-50-48-46-44-42-40-38-36-34-32-30-28-26-24-22-20-18-16-14-12-10-8-6-4-2/h3-20,34H,1-2H3;. The van der Waals surface area contributed by atoms with Crippen molar-refractivity contribution in [2.45, 2.75) is 19.3 Å². The molecule has 7 rings (SSSR count). The fraction of sp³-hybridized carbons (Fsp3) is 0.0909. The molecule has 1 N–H and O–H groups in total. The van der Waals surface area contributed by atoms with Crippen LogP contribution in [0.25, 0.3) is 42.4 Å². The van der Waals surface area contributed by atoms with Gasteiger partial charge in [0.2, 0.25) is 0 Å². The molecule has 0 bridgehead atoms. The quantitative estimate of drug-likeness (QED) is 0.190. The fourth-order valence-corrected chi connectivity index (χ4v) is 285. The van der Waals surface area contributed by atoms with Gasteiger partial charge < -0.3 is 5.32 Å². The Bertz CT molecular complexity index is 10700. The molecule has 6 aromatic rings. The maximum Gasteiger partial charge on any atom is 0.0433 e. The summed E-state index contributed by atoms with van der Waals surface area (Å²) in [7, 11) is 187. The van der Waals surface area contributed by atoms with Crippen LogP contribution in [0.4, 0.5) is 11.4 Å². The third-order valence-corrected chi connectivity index (χ3v) is 238. The Morgan fingerprint density at radius 2 is 0.379 bits per heavy atom. The molecule has 0 aliphatic heterocycles. The lowest BCUT2D eigenvalue weighted by molar-refractivity contribution is 0.662.